The fourth-order valence-electron chi connectivity index (χ4n) is 11.5. The molecule has 2 nitrogen and oxygen atoms in total. The van der Waals surface area contributed by atoms with Crippen molar-refractivity contribution in [1.29, 1.82) is 0 Å². The lowest BCUT2D eigenvalue weighted by atomic mass is 9.22. The van der Waals surface area contributed by atoms with Gasteiger partial charge in [0.25, 0.3) is 0 Å². The molecule has 0 bridgehead atoms. The van der Waals surface area contributed by atoms with E-state index in [1.807, 2.05) is 0 Å². The van der Waals surface area contributed by atoms with Crippen molar-refractivity contribution < 1.29 is 0 Å². The van der Waals surface area contributed by atoms with Crippen LogP contribution in [-0.4, -0.2) is 22.6 Å². The van der Waals surface area contributed by atoms with E-state index >= 15 is 0 Å². The summed E-state index contributed by atoms with van der Waals surface area (Å²) in [6.45, 7) is 0.321. The summed E-state index contributed by atoms with van der Waals surface area (Å²) >= 11 is 0. The van der Waals surface area contributed by atoms with Crippen LogP contribution in [0.3, 0.4) is 0 Å². The number of nitrogens with zero attached hydrogens (tertiary/aromatic N) is 2. The molecule has 10 aromatic carbocycles. The van der Waals surface area contributed by atoms with Gasteiger partial charge in [-0.1, -0.05) is 178 Å². The highest BCUT2D eigenvalue weighted by atomic mass is 15.1. The third-order valence-corrected chi connectivity index (χ3v) is 13.4. The summed E-state index contributed by atoms with van der Waals surface area (Å²) in [5.74, 6) is 0. The summed E-state index contributed by atoms with van der Waals surface area (Å²) in [6, 6.07) is 68.4. The first-order chi connectivity index (χ1) is 27.9. The minimum Gasteiger partial charge on any atom is -0.306 e. The van der Waals surface area contributed by atoms with Crippen LogP contribution in [0, 0.1) is 0 Å². The zero-order valence-corrected chi connectivity index (χ0v) is 30.4. The molecule has 4 heteroatoms. The molecule has 1 aromatic heterocycles. The van der Waals surface area contributed by atoms with E-state index in [1.54, 1.807) is 0 Å². The first-order valence-corrected chi connectivity index (χ1v) is 19.8. The Labute approximate surface area is 324 Å². The van der Waals surface area contributed by atoms with Gasteiger partial charge in [-0.05, 0) is 80.2 Å². The number of hydrogen-bond donors (Lipinski definition) is 0. The molecule has 0 amide bonds. The Morgan fingerprint density at radius 3 is 1.14 bits per heavy atom. The topological polar surface area (TPSA) is 9.86 Å². The molecule has 0 saturated carbocycles. The maximum absolute atomic E-state index is 2.53. The van der Waals surface area contributed by atoms with Crippen LogP contribution < -0.4 is 32.8 Å². The van der Waals surface area contributed by atoms with E-state index in [-0.39, 0.29) is 13.4 Å². The Kier molecular flexibility index (Phi) is 5.44. The molecular weight excluding hydrogens is 674 g/mol. The molecule has 0 atom stereocenters. The highest BCUT2D eigenvalue weighted by molar-refractivity contribution is 7.16. The van der Waals surface area contributed by atoms with Gasteiger partial charge >= 0.3 is 0 Å². The third kappa shape index (κ3) is 3.40. The molecular formula is C52H30B2N2. The lowest BCUT2D eigenvalue weighted by Crippen LogP contribution is -2.72. The smallest absolute Gasteiger partial charge is 0.242 e. The van der Waals surface area contributed by atoms with Crippen molar-refractivity contribution >= 4 is 101 Å². The third-order valence-electron chi connectivity index (χ3n) is 13.4. The molecule has 14 rings (SSSR count). The highest BCUT2D eigenvalue weighted by Crippen LogP contribution is 2.44. The van der Waals surface area contributed by atoms with E-state index in [1.165, 1.54) is 109 Å². The van der Waals surface area contributed by atoms with Gasteiger partial charge in [0.2, 0.25) is 13.4 Å². The average Bonchev–Trinajstić information content (AvgIpc) is 3.78. The maximum Gasteiger partial charge on any atom is 0.242 e. The minimum atomic E-state index is 0.161. The minimum absolute atomic E-state index is 0.161. The molecule has 0 saturated heterocycles. The second-order valence-corrected chi connectivity index (χ2v) is 15.8. The van der Waals surface area contributed by atoms with E-state index < -0.39 is 0 Å². The van der Waals surface area contributed by atoms with Crippen LogP contribution in [0.2, 0.25) is 0 Å². The molecule has 0 aliphatic carbocycles. The first-order valence-electron chi connectivity index (χ1n) is 19.8. The number of fused-ring (bicyclic) bond motifs is 15. The van der Waals surface area contributed by atoms with Crippen LogP contribution in [0.5, 0.6) is 0 Å². The Bertz CT molecular complexity index is 3310. The zero-order chi connectivity index (χ0) is 36.2. The predicted molar refractivity (Wildman–Crippen MR) is 239 cm³/mol. The van der Waals surface area contributed by atoms with Crippen LogP contribution >= 0.6 is 0 Å². The summed E-state index contributed by atoms with van der Waals surface area (Å²) in [7, 11) is 0. The van der Waals surface area contributed by atoms with Crippen LogP contribution in [0.25, 0.3) is 88.0 Å². The van der Waals surface area contributed by atoms with E-state index in [0.29, 0.717) is 0 Å². The van der Waals surface area contributed by atoms with Gasteiger partial charge in [-0.25, -0.2) is 0 Å². The van der Waals surface area contributed by atoms with E-state index in [4.69, 9.17) is 0 Å². The molecule has 4 heterocycles. The Morgan fingerprint density at radius 2 is 0.679 bits per heavy atom. The van der Waals surface area contributed by atoms with Crippen LogP contribution in [0.15, 0.2) is 182 Å². The zero-order valence-electron chi connectivity index (χ0n) is 30.4. The standard InChI is InChI=1S/C52H30B2N2/c1-3-15-31(16-4-1)55-43-27-11-12-28-44(43)56(32-17-5-2-6-18-32)52-40-24-14-22-38-46(40)45-37(21-13-23-39(45)51(52)55)49-50(38)54-42-26-10-8-20-34(42)36-30-29-35-33-19-7-9-25-41(33)53(49)47(35)48(36)54/h1-30H. The maximum atomic E-state index is 2.53. The van der Waals surface area contributed by atoms with Crippen molar-refractivity contribution in [3.05, 3.63) is 182 Å². The molecule has 0 unspecified atom stereocenters. The molecule has 0 fully saturated rings. The molecule has 56 heavy (non-hydrogen) atoms. The summed E-state index contributed by atoms with van der Waals surface area (Å²) in [5.41, 5.74) is 21.5. The molecule has 254 valence electrons. The number of benzene rings is 10. The van der Waals surface area contributed by atoms with Gasteiger partial charge in [-0.3, -0.25) is 0 Å². The van der Waals surface area contributed by atoms with Crippen molar-refractivity contribution in [1.82, 2.24) is 9.13 Å². The van der Waals surface area contributed by atoms with Crippen molar-refractivity contribution in [2.24, 2.45) is 0 Å². The molecule has 3 aliphatic rings. The molecule has 0 N–H and O–H groups in total. The average molecular weight is 704 g/mol. The van der Waals surface area contributed by atoms with Gasteiger partial charge in [-0.2, -0.15) is 0 Å². The number of aromatic nitrogens is 2. The SMILES string of the molecule is c1ccc(-n2c3ccccc3n(-c3ccccc3)c3c4cccc5c6c(c7cccc(c7c54)c32)B2c3ccccc3-c3ccc4c(c32)B6c2ccccc2-4)cc1. The van der Waals surface area contributed by atoms with Crippen molar-refractivity contribution in [2.45, 2.75) is 0 Å². The largest absolute Gasteiger partial charge is 0.306 e. The lowest BCUT2D eigenvalue weighted by Gasteiger charge is -2.33. The van der Waals surface area contributed by atoms with Gasteiger partial charge < -0.3 is 9.13 Å². The van der Waals surface area contributed by atoms with Crippen molar-refractivity contribution in [2.75, 3.05) is 0 Å². The Balaban J connectivity index is 1.27. The van der Waals surface area contributed by atoms with Crippen LogP contribution in [0.1, 0.15) is 0 Å². The fraction of sp³-hybridized carbons (Fsp3) is 0. The van der Waals surface area contributed by atoms with Crippen molar-refractivity contribution in [3.63, 3.8) is 0 Å². The van der Waals surface area contributed by atoms with E-state index in [2.05, 4.69) is 191 Å². The second kappa shape index (κ2) is 10.4. The van der Waals surface area contributed by atoms with Gasteiger partial charge in [-0.15, -0.1) is 0 Å². The Hall–Kier alpha value is -7.03. The lowest BCUT2D eigenvalue weighted by molar-refractivity contribution is 1.10. The van der Waals surface area contributed by atoms with Gasteiger partial charge in [0, 0.05) is 22.1 Å². The summed E-state index contributed by atoms with van der Waals surface area (Å²) in [4.78, 5) is 0. The summed E-state index contributed by atoms with van der Waals surface area (Å²) < 4.78 is 5.05. The highest BCUT2D eigenvalue weighted by Gasteiger charge is 2.50. The second-order valence-electron chi connectivity index (χ2n) is 15.8. The van der Waals surface area contributed by atoms with Gasteiger partial charge in [0.05, 0.1) is 22.1 Å². The van der Waals surface area contributed by atoms with Gasteiger partial charge in [0.1, 0.15) is 0 Å². The van der Waals surface area contributed by atoms with E-state index in [9.17, 15) is 0 Å². The van der Waals surface area contributed by atoms with Gasteiger partial charge in [0.15, 0.2) is 0 Å². The van der Waals surface area contributed by atoms with E-state index in [0.717, 1.165) is 11.4 Å². The molecule has 0 radical (unpaired) electrons. The fourth-order valence-corrected chi connectivity index (χ4v) is 11.5. The molecule has 0 spiro atoms. The summed E-state index contributed by atoms with van der Waals surface area (Å²) in [6.07, 6.45) is 0. The van der Waals surface area contributed by atoms with Crippen LogP contribution in [-0.2, 0) is 0 Å². The van der Waals surface area contributed by atoms with Crippen LogP contribution in [0.4, 0.5) is 0 Å². The van der Waals surface area contributed by atoms with Crippen molar-refractivity contribution in [3.8, 4) is 33.6 Å². The monoisotopic (exact) mass is 704 g/mol. The normalized spacial score (nSPS) is 13.3. The molecule has 11 aromatic rings. The molecule has 3 aliphatic heterocycles. The quantitative estimate of drug-likeness (QED) is 0.0974. The predicted octanol–water partition coefficient (Wildman–Crippen LogP) is 8.34. The number of para-hydroxylation sites is 4. The number of hydrogen-bond acceptors (Lipinski definition) is 0. The number of rotatable bonds is 2. The first kappa shape index (κ1) is 29.3. The Morgan fingerprint density at radius 1 is 0.286 bits per heavy atom. The summed E-state index contributed by atoms with van der Waals surface area (Å²) in [5, 5.41) is 8.02.